The Morgan fingerprint density at radius 1 is 1.41 bits per heavy atom. The summed E-state index contributed by atoms with van der Waals surface area (Å²) in [5, 5.41) is 12.5. The first-order valence-electron chi connectivity index (χ1n) is 6.04. The van der Waals surface area contributed by atoms with Crippen molar-refractivity contribution in [3.8, 4) is 0 Å². The van der Waals surface area contributed by atoms with E-state index in [2.05, 4.69) is 27.3 Å². The second-order valence-corrected chi connectivity index (χ2v) is 4.85. The largest absolute Gasteiger partial charge is 0.249 e. The van der Waals surface area contributed by atoms with Gasteiger partial charge in [-0.1, -0.05) is 12.1 Å². The molecule has 90 valence electrons. The lowest BCUT2D eigenvalue weighted by atomic mass is 10.1. The lowest BCUT2D eigenvalue weighted by Gasteiger charge is -2.08. The first kappa shape index (κ1) is 10.4. The molecule has 17 heavy (non-hydrogen) atoms. The molecule has 1 saturated carbocycles. The average Bonchev–Trinajstić information content (AvgIpc) is 2.99. The fourth-order valence-corrected chi connectivity index (χ4v) is 2.46. The molecule has 0 N–H and O–H groups in total. The van der Waals surface area contributed by atoms with Crippen LogP contribution in [0.25, 0.3) is 0 Å². The van der Waals surface area contributed by atoms with E-state index < -0.39 is 0 Å². The maximum atomic E-state index is 4.22. The molecule has 0 amide bonds. The van der Waals surface area contributed by atoms with Gasteiger partial charge in [0.15, 0.2) is 0 Å². The fraction of sp³-hybridized carbons (Fsp3) is 0.636. The number of aromatic nitrogens is 6. The van der Waals surface area contributed by atoms with Crippen LogP contribution in [0, 0.1) is 5.92 Å². The molecule has 3 rings (SSSR count). The van der Waals surface area contributed by atoms with E-state index >= 15 is 0 Å². The van der Waals surface area contributed by atoms with Crippen LogP contribution in [0.2, 0.25) is 0 Å². The average molecular weight is 232 g/mol. The molecule has 2 heterocycles. The van der Waals surface area contributed by atoms with E-state index in [9.17, 15) is 0 Å². The third kappa shape index (κ3) is 2.20. The van der Waals surface area contributed by atoms with Crippen molar-refractivity contribution in [3.63, 3.8) is 0 Å². The molecule has 0 aromatic carbocycles. The van der Waals surface area contributed by atoms with Gasteiger partial charge in [0.25, 0.3) is 0 Å². The highest BCUT2D eigenvalue weighted by molar-refractivity contribution is 4.94. The highest BCUT2D eigenvalue weighted by atomic mass is 15.4. The normalized spacial score (nSPS) is 24.3. The lowest BCUT2D eigenvalue weighted by Crippen LogP contribution is -2.06. The Hall–Kier alpha value is -1.72. The maximum Gasteiger partial charge on any atom is 0.137 e. The SMILES string of the molecule is CC1CCC(n2cc(Cn3cncn3)nn2)C1. The van der Waals surface area contributed by atoms with Crippen LogP contribution in [-0.2, 0) is 6.54 Å². The van der Waals surface area contributed by atoms with Crippen molar-refractivity contribution in [3.05, 3.63) is 24.5 Å². The van der Waals surface area contributed by atoms with Crippen molar-refractivity contribution in [1.82, 2.24) is 29.8 Å². The minimum Gasteiger partial charge on any atom is -0.249 e. The summed E-state index contributed by atoms with van der Waals surface area (Å²) >= 11 is 0. The topological polar surface area (TPSA) is 61.4 Å². The van der Waals surface area contributed by atoms with Crippen LogP contribution in [0.4, 0.5) is 0 Å². The summed E-state index contributed by atoms with van der Waals surface area (Å²) in [7, 11) is 0. The molecular weight excluding hydrogens is 216 g/mol. The summed E-state index contributed by atoms with van der Waals surface area (Å²) in [6.45, 7) is 2.94. The quantitative estimate of drug-likeness (QED) is 0.799. The first-order valence-corrected chi connectivity index (χ1v) is 6.04. The molecule has 0 spiro atoms. The summed E-state index contributed by atoms with van der Waals surface area (Å²) in [6.07, 6.45) is 8.98. The molecule has 0 bridgehead atoms. The van der Waals surface area contributed by atoms with E-state index in [1.165, 1.54) is 25.6 Å². The molecule has 2 aromatic rings. The number of rotatable bonds is 3. The van der Waals surface area contributed by atoms with E-state index in [-0.39, 0.29) is 0 Å². The zero-order valence-electron chi connectivity index (χ0n) is 9.90. The van der Waals surface area contributed by atoms with Crippen molar-refractivity contribution < 1.29 is 0 Å². The molecule has 6 nitrogen and oxygen atoms in total. The van der Waals surface area contributed by atoms with E-state index in [0.717, 1.165) is 11.6 Å². The van der Waals surface area contributed by atoms with E-state index in [4.69, 9.17) is 0 Å². The van der Waals surface area contributed by atoms with Crippen LogP contribution in [0.15, 0.2) is 18.9 Å². The van der Waals surface area contributed by atoms with Gasteiger partial charge in [-0.2, -0.15) is 5.10 Å². The molecule has 2 atom stereocenters. The maximum absolute atomic E-state index is 4.22. The predicted octanol–water partition coefficient (Wildman–Crippen LogP) is 1.28. The van der Waals surface area contributed by atoms with Gasteiger partial charge in [0.2, 0.25) is 0 Å². The summed E-state index contributed by atoms with van der Waals surface area (Å²) in [5.74, 6) is 0.808. The third-order valence-electron chi connectivity index (χ3n) is 3.39. The zero-order valence-corrected chi connectivity index (χ0v) is 9.90. The molecule has 1 aliphatic carbocycles. The number of hydrogen-bond acceptors (Lipinski definition) is 4. The van der Waals surface area contributed by atoms with Crippen LogP contribution in [-0.4, -0.2) is 29.8 Å². The van der Waals surface area contributed by atoms with Gasteiger partial charge >= 0.3 is 0 Å². The Balaban J connectivity index is 1.70. The van der Waals surface area contributed by atoms with Crippen LogP contribution in [0.1, 0.15) is 37.9 Å². The van der Waals surface area contributed by atoms with Gasteiger partial charge in [0.1, 0.15) is 18.3 Å². The van der Waals surface area contributed by atoms with E-state index in [0.29, 0.717) is 12.6 Å². The fourth-order valence-electron chi connectivity index (χ4n) is 2.46. The Morgan fingerprint density at radius 3 is 3.06 bits per heavy atom. The smallest absolute Gasteiger partial charge is 0.137 e. The second kappa shape index (κ2) is 4.27. The number of nitrogens with zero attached hydrogens (tertiary/aromatic N) is 6. The molecule has 2 unspecified atom stereocenters. The van der Waals surface area contributed by atoms with Crippen LogP contribution >= 0.6 is 0 Å². The summed E-state index contributed by atoms with van der Waals surface area (Å²) < 4.78 is 3.77. The van der Waals surface area contributed by atoms with Gasteiger partial charge in [0, 0.05) is 0 Å². The lowest BCUT2D eigenvalue weighted by molar-refractivity contribution is 0.439. The predicted molar refractivity (Wildman–Crippen MR) is 61.2 cm³/mol. The molecule has 1 aliphatic rings. The first-order chi connectivity index (χ1) is 8.31. The summed E-state index contributed by atoms with van der Waals surface area (Å²) in [4.78, 5) is 3.91. The molecule has 0 saturated heterocycles. The zero-order chi connectivity index (χ0) is 11.7. The van der Waals surface area contributed by atoms with Gasteiger partial charge in [-0.15, -0.1) is 5.10 Å². The Bertz CT molecular complexity index is 474. The molecule has 0 aliphatic heterocycles. The molecule has 2 aromatic heterocycles. The third-order valence-corrected chi connectivity index (χ3v) is 3.39. The molecular formula is C11H16N6. The van der Waals surface area contributed by atoms with Gasteiger partial charge in [-0.25, -0.2) is 14.3 Å². The highest BCUT2D eigenvalue weighted by Gasteiger charge is 2.23. The second-order valence-electron chi connectivity index (χ2n) is 4.85. The Morgan fingerprint density at radius 2 is 2.35 bits per heavy atom. The Kier molecular flexibility index (Phi) is 2.62. The van der Waals surface area contributed by atoms with Crippen LogP contribution < -0.4 is 0 Å². The van der Waals surface area contributed by atoms with Gasteiger partial charge in [-0.05, 0) is 25.2 Å². The minimum absolute atomic E-state index is 0.530. The van der Waals surface area contributed by atoms with Crippen molar-refractivity contribution in [1.29, 1.82) is 0 Å². The minimum atomic E-state index is 0.530. The van der Waals surface area contributed by atoms with Crippen molar-refractivity contribution in [2.45, 2.75) is 38.8 Å². The van der Waals surface area contributed by atoms with Crippen molar-refractivity contribution in [2.24, 2.45) is 5.92 Å². The van der Waals surface area contributed by atoms with Gasteiger partial charge < -0.3 is 0 Å². The van der Waals surface area contributed by atoms with Crippen molar-refractivity contribution >= 4 is 0 Å². The van der Waals surface area contributed by atoms with Crippen LogP contribution in [0.5, 0.6) is 0 Å². The van der Waals surface area contributed by atoms with E-state index in [1.807, 2.05) is 10.9 Å². The molecule has 6 heteroatoms. The van der Waals surface area contributed by atoms with Crippen molar-refractivity contribution in [2.75, 3.05) is 0 Å². The van der Waals surface area contributed by atoms with E-state index in [1.54, 1.807) is 11.0 Å². The van der Waals surface area contributed by atoms with Gasteiger partial charge in [-0.3, -0.25) is 0 Å². The highest BCUT2D eigenvalue weighted by Crippen LogP contribution is 2.33. The molecule has 0 radical (unpaired) electrons. The number of hydrogen-bond donors (Lipinski definition) is 0. The van der Waals surface area contributed by atoms with Gasteiger partial charge in [0.05, 0.1) is 18.8 Å². The monoisotopic (exact) mass is 232 g/mol. The Labute approximate surface area is 99.7 Å². The van der Waals surface area contributed by atoms with Crippen LogP contribution in [0.3, 0.4) is 0 Å². The standard InChI is InChI=1S/C11H16N6/c1-9-2-3-11(4-9)17-6-10(14-15-17)5-16-8-12-7-13-16/h6-9,11H,2-5H2,1H3. The molecule has 1 fully saturated rings. The summed E-state index contributed by atoms with van der Waals surface area (Å²) in [5.41, 5.74) is 0.940. The summed E-state index contributed by atoms with van der Waals surface area (Å²) in [6, 6.07) is 0.530.